The summed E-state index contributed by atoms with van der Waals surface area (Å²) in [5.74, 6) is -4.08. The fraction of sp³-hybridized carbons (Fsp3) is 0.944. The van der Waals surface area contributed by atoms with Gasteiger partial charge >= 0.3 is 59.1 Å². The van der Waals surface area contributed by atoms with E-state index in [0.29, 0.717) is 0 Å². The molecule has 0 bridgehead atoms. The number of carbonyl (C=O) groups is 2. The Morgan fingerprint density at radius 3 is 0.717 bits per heavy atom. The third kappa shape index (κ3) is 51.7. The molecule has 0 aromatic carbocycles. The van der Waals surface area contributed by atoms with Gasteiger partial charge in [-0.15, -0.1) is 0 Å². The maximum Gasteiger partial charge on any atom is 1.00 e. The fourth-order valence-electron chi connectivity index (χ4n) is 5.00. The number of carbonyl (C=O) groups excluding carboxylic acids is 2. The molecule has 1 unspecified atom stereocenters. The second-order valence-electron chi connectivity index (χ2n) is 12.4. The minimum Gasteiger partial charge on any atom is -0.550 e. The number of carboxylic acid groups (broad SMARTS) is 2. The van der Waals surface area contributed by atoms with Gasteiger partial charge in [0.05, 0.1) is 5.97 Å². The summed E-state index contributed by atoms with van der Waals surface area (Å²) in [7, 11) is -4.94. The Balaban J connectivity index is -0.000000181. The van der Waals surface area contributed by atoms with Crippen molar-refractivity contribution < 1.29 is 91.9 Å². The summed E-state index contributed by atoms with van der Waals surface area (Å²) >= 11 is 0. The molecule has 0 heterocycles. The van der Waals surface area contributed by atoms with Crippen LogP contribution >= 0.6 is 0 Å². The van der Waals surface area contributed by atoms with Gasteiger partial charge < -0.3 is 19.8 Å². The Morgan fingerprint density at radius 1 is 0.457 bits per heavy atom. The van der Waals surface area contributed by atoms with Crippen molar-refractivity contribution in [3.8, 4) is 0 Å². The predicted octanol–water partition coefficient (Wildman–Crippen LogP) is 3.12. The minimum atomic E-state index is -4.94. The van der Waals surface area contributed by atoms with Crippen LogP contribution in [0.1, 0.15) is 214 Å². The molecule has 0 rings (SSSR count). The first-order chi connectivity index (χ1) is 21.1. The zero-order valence-corrected chi connectivity index (χ0v) is 36.2. The summed E-state index contributed by atoms with van der Waals surface area (Å²) in [5, 5.41) is 17.3. The number of hydrogen-bond donors (Lipinski definition) is 1. The minimum absolute atomic E-state index is 0. The van der Waals surface area contributed by atoms with Crippen LogP contribution in [0.15, 0.2) is 0 Å². The van der Waals surface area contributed by atoms with Gasteiger partial charge in [0.2, 0.25) is 0 Å². The fourth-order valence-corrected chi connectivity index (χ4v) is 5.59. The average molecular weight is 695 g/mol. The van der Waals surface area contributed by atoms with Crippen LogP contribution in [0.3, 0.4) is 0 Å². The van der Waals surface area contributed by atoms with E-state index < -0.39 is 33.7 Å². The zero-order valence-electron chi connectivity index (χ0n) is 31.4. The first-order valence-corrected chi connectivity index (χ1v) is 20.0. The third-order valence-electron chi connectivity index (χ3n) is 7.89. The number of hydrogen-bond acceptors (Lipinski definition) is 6. The van der Waals surface area contributed by atoms with Gasteiger partial charge in [-0.2, -0.15) is 8.42 Å². The predicted molar refractivity (Wildman–Crippen MR) is 182 cm³/mol. The maximum absolute atomic E-state index is 10.2. The van der Waals surface area contributed by atoms with E-state index >= 15 is 0 Å². The number of unbranched alkanes of at least 4 members (excludes halogenated alkanes) is 26. The molecule has 0 aliphatic rings. The number of rotatable bonds is 30. The molecule has 266 valence electrons. The van der Waals surface area contributed by atoms with Crippen LogP contribution in [-0.4, -0.2) is 30.2 Å². The van der Waals surface area contributed by atoms with E-state index in [4.69, 9.17) is 4.55 Å². The van der Waals surface area contributed by atoms with Gasteiger partial charge in [-0.3, -0.25) is 4.55 Å². The average Bonchev–Trinajstić information content (AvgIpc) is 2.97. The Hall–Kier alpha value is 0.850. The molecular weight excluding hydrogens is 622 g/mol. The van der Waals surface area contributed by atoms with Crippen molar-refractivity contribution in [2.45, 2.75) is 219 Å². The van der Waals surface area contributed by atoms with Crippen molar-refractivity contribution in [2.24, 2.45) is 0 Å². The number of carboxylic acids is 2. The quantitative estimate of drug-likeness (QED) is 0.0694. The molecular formula is C36H72Na2O7S. The Labute approximate surface area is 330 Å². The van der Waals surface area contributed by atoms with Crippen molar-refractivity contribution in [2.75, 3.05) is 0 Å². The summed E-state index contributed by atoms with van der Waals surface area (Å²) in [6.45, 7) is 9.16. The molecule has 0 spiro atoms. The van der Waals surface area contributed by atoms with Crippen LogP contribution < -0.4 is 69.3 Å². The van der Waals surface area contributed by atoms with E-state index in [1.54, 1.807) is 0 Å². The standard InChI is InChI=1S/2C16H34.C4H6O7S.2Na/c2*1-3-5-7-9-11-13-15-16-14-12-10-8-6-4-2;5-3(6)1-2(4(7)8)12(9,10)11;;/h2*3-16H2,1-2H3;2H,1H2,(H,5,6)(H,7,8)(H,9,10,11);;/q;;;2*+1/p-2. The molecule has 0 saturated carbocycles. The maximum atomic E-state index is 10.2. The first-order valence-electron chi connectivity index (χ1n) is 18.4. The summed E-state index contributed by atoms with van der Waals surface area (Å²) in [6, 6.07) is 0. The zero-order chi connectivity index (χ0) is 33.7. The van der Waals surface area contributed by atoms with Crippen LogP contribution in [0.25, 0.3) is 0 Å². The van der Waals surface area contributed by atoms with Gasteiger partial charge in [0, 0.05) is 12.4 Å². The van der Waals surface area contributed by atoms with Gasteiger partial charge in [0.1, 0.15) is 5.25 Å². The molecule has 0 saturated heterocycles. The van der Waals surface area contributed by atoms with E-state index in [2.05, 4.69) is 27.7 Å². The summed E-state index contributed by atoms with van der Waals surface area (Å²) in [5.41, 5.74) is 0. The van der Waals surface area contributed by atoms with Crippen molar-refractivity contribution in [3.63, 3.8) is 0 Å². The number of aliphatic carboxylic acids is 2. The van der Waals surface area contributed by atoms with Crippen molar-refractivity contribution >= 4 is 22.1 Å². The van der Waals surface area contributed by atoms with E-state index in [9.17, 15) is 28.2 Å². The van der Waals surface area contributed by atoms with Crippen molar-refractivity contribution in [1.82, 2.24) is 0 Å². The smallest absolute Gasteiger partial charge is 0.550 e. The van der Waals surface area contributed by atoms with E-state index in [1.807, 2.05) is 0 Å². The van der Waals surface area contributed by atoms with Gasteiger partial charge in [-0.1, -0.05) is 207 Å². The molecule has 46 heavy (non-hydrogen) atoms. The van der Waals surface area contributed by atoms with Crippen LogP contribution in [0.2, 0.25) is 0 Å². The molecule has 0 aromatic heterocycles. The summed E-state index contributed by atoms with van der Waals surface area (Å²) in [6.07, 6.45) is 39.5. The molecule has 0 aliphatic heterocycles. The Kier molecular flexibility index (Phi) is 56.1. The normalized spacial score (nSPS) is 11.2. The second-order valence-corrected chi connectivity index (χ2v) is 14.0. The first kappa shape index (κ1) is 56.2. The molecule has 1 atom stereocenters. The third-order valence-corrected chi connectivity index (χ3v) is 8.97. The molecule has 0 aliphatic carbocycles. The molecule has 0 radical (unpaired) electrons. The summed E-state index contributed by atoms with van der Waals surface area (Å²) in [4.78, 5) is 19.7. The van der Waals surface area contributed by atoms with Crippen LogP contribution in [0, 0.1) is 0 Å². The SMILES string of the molecule is CCCCCCCCCCCCCCCC.CCCCCCCCCCCCCCCC.O=C([O-])CC(C(=O)[O-])S(=O)(=O)O.[Na+].[Na+]. The molecule has 0 aromatic rings. The topological polar surface area (TPSA) is 135 Å². The largest absolute Gasteiger partial charge is 1.00 e. The molecule has 1 N–H and O–H groups in total. The van der Waals surface area contributed by atoms with E-state index in [-0.39, 0.29) is 59.1 Å². The summed E-state index contributed by atoms with van der Waals surface area (Å²) < 4.78 is 28.5. The van der Waals surface area contributed by atoms with Gasteiger partial charge in [-0.25, -0.2) is 0 Å². The molecule has 7 nitrogen and oxygen atoms in total. The van der Waals surface area contributed by atoms with Crippen molar-refractivity contribution in [1.29, 1.82) is 0 Å². The van der Waals surface area contributed by atoms with Gasteiger partial charge in [-0.05, 0) is 0 Å². The van der Waals surface area contributed by atoms with Crippen molar-refractivity contribution in [3.05, 3.63) is 0 Å². The Morgan fingerprint density at radius 2 is 0.630 bits per heavy atom. The van der Waals surface area contributed by atoms with Gasteiger partial charge in [0.15, 0.2) is 0 Å². The van der Waals surface area contributed by atoms with Crippen LogP contribution in [0.4, 0.5) is 0 Å². The monoisotopic (exact) mass is 694 g/mol. The van der Waals surface area contributed by atoms with Crippen LogP contribution in [0.5, 0.6) is 0 Å². The Bertz CT molecular complexity index is 650. The molecule has 10 heteroatoms. The van der Waals surface area contributed by atoms with E-state index in [0.717, 1.165) is 0 Å². The second kappa shape index (κ2) is 45.9. The molecule has 0 fully saturated rings. The van der Waals surface area contributed by atoms with Gasteiger partial charge in [0.25, 0.3) is 10.1 Å². The van der Waals surface area contributed by atoms with E-state index in [1.165, 1.54) is 180 Å². The van der Waals surface area contributed by atoms with Crippen LogP contribution in [-0.2, 0) is 19.7 Å². The molecule has 0 amide bonds.